The Morgan fingerprint density at radius 1 is 1.17 bits per heavy atom. The highest BCUT2D eigenvalue weighted by Crippen LogP contribution is 2.25. The van der Waals surface area contributed by atoms with Crippen LogP contribution in [0.1, 0.15) is 22.7 Å². The number of hydrogen-bond acceptors (Lipinski definition) is 2. The van der Waals surface area contributed by atoms with E-state index in [0.717, 1.165) is 16.7 Å². The van der Waals surface area contributed by atoms with Crippen LogP contribution in [0.5, 0.6) is 0 Å². The number of aryl methyl sites for hydroxylation is 1. The first-order chi connectivity index (χ1) is 8.61. The molecule has 2 aromatic carbocycles. The summed E-state index contributed by atoms with van der Waals surface area (Å²) in [6.07, 6.45) is 0. The maximum Gasteiger partial charge on any atom is 0.141 e. The smallest absolute Gasteiger partial charge is 0.141 e. The van der Waals surface area contributed by atoms with Crippen LogP contribution in [-0.2, 0) is 0 Å². The lowest BCUT2D eigenvalue weighted by Gasteiger charge is -2.17. The molecule has 0 aromatic heterocycles. The number of hydrogen-bond donors (Lipinski definition) is 2. The van der Waals surface area contributed by atoms with Gasteiger partial charge in [0.2, 0.25) is 0 Å². The molecule has 0 heterocycles. The van der Waals surface area contributed by atoms with Gasteiger partial charge in [-0.05, 0) is 30.2 Å². The zero-order chi connectivity index (χ0) is 13.1. The fourth-order valence-corrected chi connectivity index (χ4v) is 2.12. The number of halogens is 2. The van der Waals surface area contributed by atoms with Crippen LogP contribution in [-0.4, -0.2) is 0 Å². The quantitative estimate of drug-likeness (QED) is 0.659. The van der Waals surface area contributed by atoms with Gasteiger partial charge in [-0.3, -0.25) is 5.84 Å². The molecule has 0 radical (unpaired) electrons. The third-order valence-electron chi connectivity index (χ3n) is 2.82. The Morgan fingerprint density at radius 3 is 2.50 bits per heavy atom. The Labute approximate surface area is 111 Å². The fraction of sp³-hybridized carbons (Fsp3) is 0.143. The van der Waals surface area contributed by atoms with Gasteiger partial charge in [-0.1, -0.05) is 47.5 Å². The number of nitrogens with one attached hydrogen (secondary N) is 1. The zero-order valence-electron chi connectivity index (χ0n) is 9.95. The van der Waals surface area contributed by atoms with E-state index in [0.29, 0.717) is 0 Å². The van der Waals surface area contributed by atoms with Crippen molar-refractivity contribution in [3.8, 4) is 0 Å². The maximum atomic E-state index is 13.1. The summed E-state index contributed by atoms with van der Waals surface area (Å²) >= 11 is 5.79. The van der Waals surface area contributed by atoms with Crippen LogP contribution >= 0.6 is 11.6 Å². The van der Waals surface area contributed by atoms with Gasteiger partial charge < -0.3 is 0 Å². The summed E-state index contributed by atoms with van der Waals surface area (Å²) in [5.41, 5.74) is 5.71. The zero-order valence-corrected chi connectivity index (χ0v) is 10.7. The molecule has 0 saturated carbocycles. The molecule has 0 aliphatic heterocycles. The van der Waals surface area contributed by atoms with Crippen LogP contribution in [0.25, 0.3) is 0 Å². The fourth-order valence-electron chi connectivity index (χ4n) is 1.93. The summed E-state index contributed by atoms with van der Waals surface area (Å²) in [7, 11) is 0. The van der Waals surface area contributed by atoms with Crippen molar-refractivity contribution >= 4 is 11.6 Å². The molecule has 1 atom stereocenters. The molecule has 0 aliphatic rings. The van der Waals surface area contributed by atoms with Gasteiger partial charge in [-0.2, -0.15) is 0 Å². The first-order valence-electron chi connectivity index (χ1n) is 5.59. The van der Waals surface area contributed by atoms with Crippen LogP contribution in [0, 0.1) is 12.7 Å². The molecule has 4 heteroatoms. The predicted molar refractivity (Wildman–Crippen MR) is 71.8 cm³/mol. The average molecular weight is 265 g/mol. The van der Waals surface area contributed by atoms with E-state index < -0.39 is 5.82 Å². The summed E-state index contributed by atoms with van der Waals surface area (Å²) in [5.74, 6) is 5.16. The summed E-state index contributed by atoms with van der Waals surface area (Å²) < 4.78 is 13.1. The van der Waals surface area contributed by atoms with Crippen molar-refractivity contribution in [2.75, 3.05) is 0 Å². The molecular weight excluding hydrogens is 251 g/mol. The van der Waals surface area contributed by atoms with E-state index in [9.17, 15) is 4.39 Å². The van der Waals surface area contributed by atoms with Gasteiger partial charge in [0.25, 0.3) is 0 Å². The van der Waals surface area contributed by atoms with Crippen LogP contribution < -0.4 is 11.3 Å². The Bertz CT molecular complexity index is 557. The number of rotatable bonds is 3. The van der Waals surface area contributed by atoms with Crippen molar-refractivity contribution in [3.63, 3.8) is 0 Å². The second kappa shape index (κ2) is 5.48. The third-order valence-corrected chi connectivity index (χ3v) is 3.11. The topological polar surface area (TPSA) is 38.0 Å². The molecule has 94 valence electrons. The van der Waals surface area contributed by atoms with Crippen molar-refractivity contribution in [1.82, 2.24) is 5.43 Å². The first-order valence-corrected chi connectivity index (χ1v) is 5.97. The van der Waals surface area contributed by atoms with E-state index in [1.54, 1.807) is 12.1 Å². The van der Waals surface area contributed by atoms with E-state index in [4.69, 9.17) is 17.4 Å². The van der Waals surface area contributed by atoms with Gasteiger partial charge in [0, 0.05) is 0 Å². The lowest BCUT2D eigenvalue weighted by atomic mass is 9.98. The average Bonchev–Trinajstić information content (AvgIpc) is 2.35. The molecule has 2 nitrogen and oxygen atoms in total. The largest absolute Gasteiger partial charge is 0.271 e. The SMILES string of the molecule is Cc1cccc(C(NN)c2ccc(F)c(Cl)c2)c1. The van der Waals surface area contributed by atoms with Crippen LogP contribution in [0.3, 0.4) is 0 Å². The minimum atomic E-state index is -0.430. The first kappa shape index (κ1) is 13.0. The summed E-state index contributed by atoms with van der Waals surface area (Å²) in [6, 6.07) is 12.4. The summed E-state index contributed by atoms with van der Waals surface area (Å²) in [4.78, 5) is 0. The molecular formula is C14H14ClFN2. The second-order valence-corrected chi connectivity index (χ2v) is 4.59. The van der Waals surface area contributed by atoms with Crippen LogP contribution in [0.4, 0.5) is 4.39 Å². The minimum absolute atomic E-state index is 0.0976. The van der Waals surface area contributed by atoms with Gasteiger partial charge in [0.1, 0.15) is 5.82 Å². The summed E-state index contributed by atoms with van der Waals surface area (Å²) in [5, 5.41) is 0.0976. The Morgan fingerprint density at radius 2 is 1.89 bits per heavy atom. The number of benzene rings is 2. The Kier molecular flexibility index (Phi) is 3.97. The Hall–Kier alpha value is -1.42. The normalized spacial score (nSPS) is 12.4. The van der Waals surface area contributed by atoms with Crippen molar-refractivity contribution in [2.24, 2.45) is 5.84 Å². The highest BCUT2D eigenvalue weighted by Gasteiger charge is 2.13. The van der Waals surface area contributed by atoms with Crippen molar-refractivity contribution in [1.29, 1.82) is 0 Å². The monoisotopic (exact) mass is 264 g/mol. The number of nitrogens with two attached hydrogens (primary N) is 1. The third kappa shape index (κ3) is 2.70. The maximum absolute atomic E-state index is 13.1. The minimum Gasteiger partial charge on any atom is -0.271 e. The highest BCUT2D eigenvalue weighted by molar-refractivity contribution is 6.30. The van der Waals surface area contributed by atoms with E-state index in [1.807, 2.05) is 31.2 Å². The molecule has 0 bridgehead atoms. The standard InChI is InChI=1S/C14H14ClFN2/c1-9-3-2-4-10(7-9)14(18-17)11-5-6-13(16)12(15)8-11/h2-8,14,18H,17H2,1H3. The highest BCUT2D eigenvalue weighted by atomic mass is 35.5. The molecule has 2 rings (SSSR count). The molecule has 0 amide bonds. The molecule has 3 N–H and O–H groups in total. The lowest BCUT2D eigenvalue weighted by Crippen LogP contribution is -2.28. The molecule has 0 aliphatic carbocycles. The van der Waals surface area contributed by atoms with E-state index in [2.05, 4.69) is 5.43 Å². The van der Waals surface area contributed by atoms with Crippen molar-refractivity contribution < 1.29 is 4.39 Å². The Balaban J connectivity index is 2.42. The molecule has 0 spiro atoms. The molecule has 1 unspecified atom stereocenters. The van der Waals surface area contributed by atoms with Gasteiger partial charge in [0.05, 0.1) is 11.1 Å². The molecule has 2 aromatic rings. The van der Waals surface area contributed by atoms with E-state index in [1.165, 1.54) is 6.07 Å². The van der Waals surface area contributed by atoms with Crippen LogP contribution in [0.15, 0.2) is 42.5 Å². The molecule has 18 heavy (non-hydrogen) atoms. The van der Waals surface area contributed by atoms with E-state index in [-0.39, 0.29) is 11.1 Å². The van der Waals surface area contributed by atoms with E-state index >= 15 is 0 Å². The second-order valence-electron chi connectivity index (χ2n) is 4.19. The summed E-state index contributed by atoms with van der Waals surface area (Å²) in [6.45, 7) is 2.01. The van der Waals surface area contributed by atoms with Crippen LogP contribution in [0.2, 0.25) is 5.02 Å². The lowest BCUT2D eigenvalue weighted by molar-refractivity contribution is 0.616. The van der Waals surface area contributed by atoms with Gasteiger partial charge in [-0.25, -0.2) is 9.82 Å². The van der Waals surface area contributed by atoms with Gasteiger partial charge in [-0.15, -0.1) is 0 Å². The van der Waals surface area contributed by atoms with Crippen molar-refractivity contribution in [2.45, 2.75) is 13.0 Å². The van der Waals surface area contributed by atoms with Crippen molar-refractivity contribution in [3.05, 3.63) is 70.0 Å². The van der Waals surface area contributed by atoms with Gasteiger partial charge in [0.15, 0.2) is 0 Å². The van der Waals surface area contributed by atoms with Gasteiger partial charge >= 0.3 is 0 Å². The predicted octanol–water partition coefficient (Wildman–Crippen LogP) is 3.34. The molecule has 0 fully saturated rings. The molecule has 0 saturated heterocycles. The number of hydrazine groups is 1.